The average molecular weight is 412 g/mol. The van der Waals surface area contributed by atoms with Crippen molar-refractivity contribution in [3.63, 3.8) is 0 Å². The minimum absolute atomic E-state index is 0.0357. The Hall–Kier alpha value is -2.93. The first-order valence-corrected chi connectivity index (χ1v) is 10.1. The van der Waals surface area contributed by atoms with Crippen molar-refractivity contribution in [1.29, 1.82) is 0 Å². The number of hydrogen-bond donors (Lipinski definition) is 0. The molecule has 29 heavy (non-hydrogen) atoms. The summed E-state index contributed by atoms with van der Waals surface area (Å²) in [5.74, 6) is 0.535. The number of halogens is 1. The van der Waals surface area contributed by atoms with Crippen molar-refractivity contribution in [2.45, 2.75) is 32.2 Å². The van der Waals surface area contributed by atoms with E-state index in [0.29, 0.717) is 17.5 Å². The predicted molar refractivity (Wildman–Crippen MR) is 112 cm³/mol. The number of benzene rings is 2. The van der Waals surface area contributed by atoms with Gasteiger partial charge < -0.3 is 4.74 Å². The molecular weight excluding hydrogens is 389 g/mol. The van der Waals surface area contributed by atoms with Crippen LogP contribution in [0.5, 0.6) is 5.75 Å². The molecule has 0 bridgehead atoms. The number of ether oxygens (including phenoxy) is 1. The summed E-state index contributed by atoms with van der Waals surface area (Å²) in [6.07, 6.45) is 1.71. The van der Waals surface area contributed by atoms with Gasteiger partial charge in [0, 0.05) is 12.1 Å². The van der Waals surface area contributed by atoms with Crippen molar-refractivity contribution < 1.29 is 13.9 Å². The number of aromatic nitrogens is 3. The topological polar surface area (TPSA) is 57.0 Å². The first-order chi connectivity index (χ1) is 14.0. The fourth-order valence-electron chi connectivity index (χ4n) is 2.79. The average Bonchev–Trinajstić information content (AvgIpc) is 3.09. The molecule has 150 valence electrons. The molecule has 3 rings (SSSR count). The molecule has 0 atom stereocenters. The lowest BCUT2D eigenvalue weighted by molar-refractivity contribution is 0.102. The number of hydrogen-bond acceptors (Lipinski definition) is 5. The van der Waals surface area contributed by atoms with Crippen LogP contribution in [0.25, 0.3) is 0 Å². The van der Waals surface area contributed by atoms with Gasteiger partial charge in [-0.05, 0) is 37.6 Å². The summed E-state index contributed by atoms with van der Waals surface area (Å²) in [5, 5.41) is 8.92. The number of carbonyl (C=O) groups excluding carboxylic acids is 1. The lowest BCUT2D eigenvalue weighted by Gasteiger charge is -2.10. The molecule has 0 amide bonds. The molecule has 0 fully saturated rings. The van der Waals surface area contributed by atoms with E-state index in [0.717, 1.165) is 16.7 Å². The number of nitrogens with zero attached hydrogens (tertiary/aromatic N) is 3. The maximum absolute atomic E-state index is 13.8. The van der Waals surface area contributed by atoms with Gasteiger partial charge in [-0.15, -0.1) is 16.8 Å². The Morgan fingerprint density at radius 3 is 2.79 bits per heavy atom. The third-order valence-electron chi connectivity index (χ3n) is 4.32. The standard InChI is InChI=1S/C22H22FN3O2S/c1-4-11-26-21(13-28-20-8-6-5-7-18(20)23)24-25-22(26)29-14-19(27)17-12-15(2)9-10-16(17)3/h4-10,12H,1,11,13-14H2,2-3H3. The molecule has 2 aromatic carbocycles. The van der Waals surface area contributed by atoms with Crippen LogP contribution < -0.4 is 4.74 Å². The van der Waals surface area contributed by atoms with E-state index in [1.54, 1.807) is 24.3 Å². The maximum Gasteiger partial charge on any atom is 0.192 e. The number of Topliss-reactive ketones (excluding diaryl/α,β-unsaturated/α-hetero) is 1. The fourth-order valence-corrected chi connectivity index (χ4v) is 3.64. The second kappa shape index (κ2) is 9.52. The molecule has 0 unspecified atom stereocenters. The number of rotatable bonds is 9. The van der Waals surface area contributed by atoms with E-state index in [1.807, 2.05) is 36.6 Å². The summed E-state index contributed by atoms with van der Waals surface area (Å²) in [5.41, 5.74) is 2.72. The van der Waals surface area contributed by atoms with Crippen molar-refractivity contribution >= 4 is 17.5 Å². The van der Waals surface area contributed by atoms with Crippen LogP contribution in [0.2, 0.25) is 0 Å². The lowest BCUT2D eigenvalue weighted by atomic mass is 10.0. The molecule has 7 heteroatoms. The van der Waals surface area contributed by atoms with Crippen LogP contribution in [0.3, 0.4) is 0 Å². The molecule has 5 nitrogen and oxygen atoms in total. The highest BCUT2D eigenvalue weighted by Crippen LogP contribution is 2.22. The van der Waals surface area contributed by atoms with Crippen LogP contribution in [0.4, 0.5) is 4.39 Å². The number of para-hydroxylation sites is 1. The van der Waals surface area contributed by atoms with Crippen LogP contribution in [-0.2, 0) is 13.2 Å². The number of allylic oxidation sites excluding steroid dienone is 1. The summed E-state index contributed by atoms with van der Waals surface area (Å²) in [6.45, 7) is 8.18. The normalized spacial score (nSPS) is 10.7. The van der Waals surface area contributed by atoms with Crippen molar-refractivity contribution in [1.82, 2.24) is 14.8 Å². The van der Waals surface area contributed by atoms with Gasteiger partial charge in [-0.1, -0.05) is 47.7 Å². The zero-order valence-electron chi connectivity index (χ0n) is 16.4. The van der Waals surface area contributed by atoms with Crippen LogP contribution in [0, 0.1) is 19.7 Å². The molecule has 0 aliphatic rings. The Morgan fingerprint density at radius 1 is 1.24 bits per heavy atom. The van der Waals surface area contributed by atoms with Gasteiger partial charge in [0.1, 0.15) is 6.61 Å². The molecule has 0 saturated heterocycles. The van der Waals surface area contributed by atoms with Crippen molar-refractivity contribution in [3.8, 4) is 5.75 Å². The molecule has 0 N–H and O–H groups in total. The molecule has 0 spiro atoms. The second-order valence-electron chi connectivity index (χ2n) is 6.55. The van der Waals surface area contributed by atoms with E-state index in [-0.39, 0.29) is 23.9 Å². The Balaban J connectivity index is 1.71. The third-order valence-corrected chi connectivity index (χ3v) is 5.29. The highest BCUT2D eigenvalue weighted by molar-refractivity contribution is 7.99. The first kappa shape index (κ1) is 20.8. The number of ketones is 1. The van der Waals surface area contributed by atoms with Crippen LogP contribution in [0.1, 0.15) is 27.3 Å². The first-order valence-electron chi connectivity index (χ1n) is 9.13. The van der Waals surface area contributed by atoms with Crippen molar-refractivity contribution in [2.24, 2.45) is 0 Å². The van der Waals surface area contributed by atoms with Crippen LogP contribution in [-0.4, -0.2) is 26.3 Å². The number of carbonyl (C=O) groups is 1. The van der Waals surface area contributed by atoms with Crippen molar-refractivity contribution in [3.05, 3.63) is 83.5 Å². The summed E-state index contributed by atoms with van der Waals surface area (Å²) in [4.78, 5) is 12.7. The molecule has 1 heterocycles. The summed E-state index contributed by atoms with van der Waals surface area (Å²) >= 11 is 1.31. The van der Waals surface area contributed by atoms with E-state index < -0.39 is 5.82 Å². The van der Waals surface area contributed by atoms with Gasteiger partial charge in [0.25, 0.3) is 0 Å². The van der Waals surface area contributed by atoms with E-state index in [4.69, 9.17) is 4.74 Å². The highest BCUT2D eigenvalue weighted by Gasteiger charge is 2.16. The molecule has 1 aromatic heterocycles. The Kier molecular flexibility index (Phi) is 6.82. The molecule has 0 radical (unpaired) electrons. The number of aryl methyl sites for hydroxylation is 2. The van der Waals surface area contributed by atoms with Crippen molar-refractivity contribution in [2.75, 3.05) is 5.75 Å². The maximum atomic E-state index is 13.8. The summed E-state index contributed by atoms with van der Waals surface area (Å²) in [6, 6.07) is 12.0. The Bertz CT molecular complexity index is 1030. The monoisotopic (exact) mass is 411 g/mol. The van der Waals surface area contributed by atoms with Gasteiger partial charge in [0.15, 0.2) is 28.3 Å². The van der Waals surface area contributed by atoms with E-state index >= 15 is 0 Å². The largest absolute Gasteiger partial charge is 0.483 e. The smallest absolute Gasteiger partial charge is 0.192 e. The zero-order chi connectivity index (χ0) is 20.8. The van der Waals surface area contributed by atoms with Gasteiger partial charge in [-0.3, -0.25) is 9.36 Å². The van der Waals surface area contributed by atoms with E-state index in [1.165, 1.54) is 17.8 Å². The van der Waals surface area contributed by atoms with Crippen LogP contribution >= 0.6 is 11.8 Å². The number of thioether (sulfide) groups is 1. The Morgan fingerprint density at radius 2 is 2.03 bits per heavy atom. The molecule has 0 aliphatic heterocycles. The highest BCUT2D eigenvalue weighted by atomic mass is 32.2. The van der Waals surface area contributed by atoms with E-state index in [9.17, 15) is 9.18 Å². The molecule has 3 aromatic rings. The summed E-state index contributed by atoms with van der Waals surface area (Å²) in [7, 11) is 0. The lowest BCUT2D eigenvalue weighted by Crippen LogP contribution is -2.09. The molecule has 0 saturated carbocycles. The Labute approximate surface area is 173 Å². The van der Waals surface area contributed by atoms with E-state index in [2.05, 4.69) is 16.8 Å². The minimum atomic E-state index is -0.434. The van der Waals surface area contributed by atoms with Gasteiger partial charge >= 0.3 is 0 Å². The zero-order valence-corrected chi connectivity index (χ0v) is 17.2. The van der Waals surface area contributed by atoms with Gasteiger partial charge in [-0.25, -0.2) is 4.39 Å². The molecule has 0 aliphatic carbocycles. The van der Waals surface area contributed by atoms with Crippen LogP contribution in [0.15, 0.2) is 60.3 Å². The molecular formula is C22H22FN3O2S. The SMILES string of the molecule is C=CCn1c(COc2ccccc2F)nnc1SCC(=O)c1cc(C)ccc1C. The fraction of sp³-hybridized carbons (Fsp3) is 0.227. The third kappa shape index (κ3) is 5.12. The quantitative estimate of drug-likeness (QED) is 0.288. The predicted octanol–water partition coefficient (Wildman–Crippen LogP) is 4.77. The van der Waals surface area contributed by atoms with Gasteiger partial charge in [0.05, 0.1) is 5.75 Å². The van der Waals surface area contributed by atoms with Gasteiger partial charge in [0.2, 0.25) is 0 Å². The summed E-state index contributed by atoms with van der Waals surface area (Å²) < 4.78 is 21.1. The van der Waals surface area contributed by atoms with Gasteiger partial charge in [-0.2, -0.15) is 0 Å². The second-order valence-corrected chi connectivity index (χ2v) is 7.49. The minimum Gasteiger partial charge on any atom is -0.483 e.